The molecule has 0 radical (unpaired) electrons. The topological polar surface area (TPSA) is 50.2 Å². The van der Waals surface area contributed by atoms with Crippen LogP contribution in [0.2, 0.25) is 0 Å². The van der Waals surface area contributed by atoms with E-state index in [-0.39, 0.29) is 0 Å². The highest BCUT2D eigenvalue weighted by atomic mass is 19.2. The highest BCUT2D eigenvalue weighted by molar-refractivity contribution is 5.87. The molecule has 0 atom stereocenters. The molecule has 0 aromatic carbocycles. The smallest absolute Gasteiger partial charge is 0.340 e. The van der Waals surface area contributed by atoms with Crippen LogP contribution in [0.3, 0.4) is 0 Å². The largest absolute Gasteiger partial charge is 0.478 e. The minimum Gasteiger partial charge on any atom is -0.478 e. The van der Waals surface area contributed by atoms with Crippen LogP contribution >= 0.6 is 0 Å². The average molecular weight is 159 g/mol. The lowest BCUT2D eigenvalue weighted by molar-refractivity contribution is 0.0690. The summed E-state index contributed by atoms with van der Waals surface area (Å²) >= 11 is 0. The molecule has 0 unspecified atom stereocenters. The van der Waals surface area contributed by atoms with Crippen molar-refractivity contribution in [2.45, 2.75) is 0 Å². The van der Waals surface area contributed by atoms with Gasteiger partial charge in [0.1, 0.15) is 5.56 Å². The summed E-state index contributed by atoms with van der Waals surface area (Å²) in [6.45, 7) is 0. The van der Waals surface area contributed by atoms with Gasteiger partial charge < -0.3 is 5.11 Å². The van der Waals surface area contributed by atoms with Gasteiger partial charge in [0, 0.05) is 6.20 Å². The van der Waals surface area contributed by atoms with Crippen molar-refractivity contribution in [3.63, 3.8) is 0 Å². The Morgan fingerprint density at radius 2 is 2.09 bits per heavy atom. The van der Waals surface area contributed by atoms with Gasteiger partial charge in [-0.3, -0.25) is 4.98 Å². The summed E-state index contributed by atoms with van der Waals surface area (Å²) in [5, 5.41) is 8.24. The standard InChI is InChI=1S/C6H3F2NO2/c7-4-2-9-1-3(5(4)8)6(10)11/h1-2H,(H,10,11). The zero-order valence-electron chi connectivity index (χ0n) is 5.21. The van der Waals surface area contributed by atoms with E-state index in [1.165, 1.54) is 0 Å². The molecule has 0 saturated heterocycles. The SMILES string of the molecule is O=C(O)c1cncc(F)c1F. The Morgan fingerprint density at radius 3 is 2.55 bits per heavy atom. The molecule has 58 valence electrons. The Hall–Kier alpha value is -1.52. The summed E-state index contributed by atoms with van der Waals surface area (Å²) in [4.78, 5) is 13.3. The van der Waals surface area contributed by atoms with E-state index in [1.807, 2.05) is 0 Å². The quantitative estimate of drug-likeness (QED) is 0.666. The van der Waals surface area contributed by atoms with E-state index < -0.39 is 23.2 Å². The van der Waals surface area contributed by atoms with E-state index in [0.717, 1.165) is 6.20 Å². The van der Waals surface area contributed by atoms with Crippen molar-refractivity contribution >= 4 is 5.97 Å². The number of aromatic carboxylic acids is 1. The van der Waals surface area contributed by atoms with Crippen molar-refractivity contribution in [1.29, 1.82) is 0 Å². The number of carbonyl (C=O) groups is 1. The van der Waals surface area contributed by atoms with Crippen molar-refractivity contribution in [3.05, 3.63) is 29.6 Å². The summed E-state index contributed by atoms with van der Waals surface area (Å²) in [6.07, 6.45) is 1.36. The summed E-state index contributed by atoms with van der Waals surface area (Å²) in [5.74, 6) is -4.17. The molecule has 3 nitrogen and oxygen atoms in total. The van der Waals surface area contributed by atoms with E-state index in [4.69, 9.17) is 5.11 Å². The van der Waals surface area contributed by atoms with Crippen molar-refractivity contribution < 1.29 is 18.7 Å². The van der Waals surface area contributed by atoms with E-state index in [9.17, 15) is 13.6 Å². The Bertz CT molecular complexity index is 301. The molecule has 1 N–H and O–H groups in total. The number of carboxylic acid groups (broad SMARTS) is 1. The third-order valence-corrected chi connectivity index (χ3v) is 1.07. The van der Waals surface area contributed by atoms with Crippen molar-refractivity contribution in [3.8, 4) is 0 Å². The lowest BCUT2D eigenvalue weighted by Gasteiger charge is -1.95. The first kappa shape index (κ1) is 7.59. The van der Waals surface area contributed by atoms with Crippen LogP contribution in [0.25, 0.3) is 0 Å². The molecule has 1 rings (SSSR count). The summed E-state index contributed by atoms with van der Waals surface area (Å²) in [6, 6.07) is 0. The normalized spacial score (nSPS) is 9.64. The lowest BCUT2D eigenvalue weighted by Crippen LogP contribution is -2.03. The molecule has 0 bridgehead atoms. The molecule has 0 saturated carbocycles. The first-order valence-corrected chi connectivity index (χ1v) is 2.65. The number of pyridine rings is 1. The van der Waals surface area contributed by atoms with E-state index in [1.54, 1.807) is 0 Å². The van der Waals surface area contributed by atoms with Gasteiger partial charge in [0.15, 0.2) is 11.6 Å². The number of hydrogen-bond donors (Lipinski definition) is 1. The Balaban J connectivity index is 3.27. The summed E-state index contributed by atoms with van der Waals surface area (Å²) in [5.41, 5.74) is -0.759. The Labute approximate surface area is 60.3 Å². The molecule has 1 aromatic rings. The lowest BCUT2D eigenvalue weighted by atomic mass is 10.3. The van der Waals surface area contributed by atoms with Crippen LogP contribution in [-0.2, 0) is 0 Å². The molecule has 1 heterocycles. The number of carboxylic acids is 1. The third kappa shape index (κ3) is 1.31. The van der Waals surface area contributed by atoms with Gasteiger partial charge in [0.2, 0.25) is 0 Å². The van der Waals surface area contributed by atoms with Gasteiger partial charge in [-0.25, -0.2) is 13.6 Å². The maximum absolute atomic E-state index is 12.5. The predicted molar refractivity (Wildman–Crippen MR) is 31.1 cm³/mol. The molecule has 0 aliphatic carbocycles. The zero-order chi connectivity index (χ0) is 8.43. The number of halogens is 2. The first-order valence-electron chi connectivity index (χ1n) is 2.65. The number of hydrogen-bond acceptors (Lipinski definition) is 2. The fourth-order valence-electron chi connectivity index (χ4n) is 0.568. The van der Waals surface area contributed by atoms with Crippen LogP contribution in [0.1, 0.15) is 10.4 Å². The van der Waals surface area contributed by atoms with E-state index in [2.05, 4.69) is 4.98 Å². The number of rotatable bonds is 1. The van der Waals surface area contributed by atoms with Gasteiger partial charge in [0.05, 0.1) is 6.20 Å². The molecule has 0 spiro atoms. The van der Waals surface area contributed by atoms with Crippen LogP contribution in [-0.4, -0.2) is 16.1 Å². The Morgan fingerprint density at radius 1 is 1.45 bits per heavy atom. The molecule has 1 aromatic heterocycles. The second-order valence-corrected chi connectivity index (χ2v) is 1.79. The molecule has 11 heavy (non-hydrogen) atoms. The van der Waals surface area contributed by atoms with Crippen LogP contribution in [0.4, 0.5) is 8.78 Å². The number of aromatic nitrogens is 1. The van der Waals surface area contributed by atoms with E-state index >= 15 is 0 Å². The molecule has 5 heteroatoms. The monoisotopic (exact) mass is 159 g/mol. The average Bonchev–Trinajstić information content (AvgIpc) is 1.94. The second kappa shape index (κ2) is 2.61. The van der Waals surface area contributed by atoms with E-state index in [0.29, 0.717) is 6.20 Å². The molecular weight excluding hydrogens is 156 g/mol. The minimum atomic E-state index is -1.53. The van der Waals surface area contributed by atoms with Gasteiger partial charge >= 0.3 is 5.97 Å². The van der Waals surface area contributed by atoms with Gasteiger partial charge in [-0.05, 0) is 0 Å². The zero-order valence-corrected chi connectivity index (χ0v) is 5.21. The fraction of sp³-hybridized carbons (Fsp3) is 0. The Kier molecular flexibility index (Phi) is 1.80. The molecule has 0 amide bonds. The molecular formula is C6H3F2NO2. The van der Waals surface area contributed by atoms with Gasteiger partial charge in [-0.1, -0.05) is 0 Å². The predicted octanol–water partition coefficient (Wildman–Crippen LogP) is 1.06. The molecule has 0 aliphatic heterocycles. The molecule has 0 aliphatic rings. The second-order valence-electron chi connectivity index (χ2n) is 1.79. The third-order valence-electron chi connectivity index (χ3n) is 1.07. The van der Waals surface area contributed by atoms with Gasteiger partial charge in [-0.15, -0.1) is 0 Å². The first-order chi connectivity index (χ1) is 5.13. The summed E-state index contributed by atoms with van der Waals surface area (Å²) < 4.78 is 24.7. The van der Waals surface area contributed by atoms with Crippen molar-refractivity contribution in [2.24, 2.45) is 0 Å². The van der Waals surface area contributed by atoms with Gasteiger partial charge in [0.25, 0.3) is 0 Å². The number of nitrogens with zero attached hydrogens (tertiary/aromatic N) is 1. The van der Waals surface area contributed by atoms with Crippen LogP contribution in [0.5, 0.6) is 0 Å². The van der Waals surface area contributed by atoms with Crippen LogP contribution in [0.15, 0.2) is 12.4 Å². The molecule has 0 fully saturated rings. The maximum Gasteiger partial charge on any atom is 0.340 e. The van der Waals surface area contributed by atoms with Crippen molar-refractivity contribution in [1.82, 2.24) is 4.98 Å². The highest BCUT2D eigenvalue weighted by Crippen LogP contribution is 2.08. The van der Waals surface area contributed by atoms with Crippen LogP contribution < -0.4 is 0 Å². The minimum absolute atomic E-state index is 0.613. The van der Waals surface area contributed by atoms with Crippen molar-refractivity contribution in [2.75, 3.05) is 0 Å². The van der Waals surface area contributed by atoms with Crippen LogP contribution in [0, 0.1) is 11.6 Å². The maximum atomic E-state index is 12.5. The summed E-state index contributed by atoms with van der Waals surface area (Å²) in [7, 11) is 0. The highest BCUT2D eigenvalue weighted by Gasteiger charge is 2.13. The fourth-order valence-corrected chi connectivity index (χ4v) is 0.568. The van der Waals surface area contributed by atoms with Gasteiger partial charge in [-0.2, -0.15) is 0 Å².